The van der Waals surface area contributed by atoms with Crippen LogP contribution in [0.4, 0.5) is 9.18 Å². The van der Waals surface area contributed by atoms with Gasteiger partial charge in [0.15, 0.2) is 0 Å². The van der Waals surface area contributed by atoms with Crippen molar-refractivity contribution in [1.82, 2.24) is 14.7 Å². The number of ether oxygens (including phenoxy) is 1. The molecule has 3 aromatic rings. The number of urea groups is 1. The lowest BCUT2D eigenvalue weighted by molar-refractivity contribution is 0.127. The number of carbonyl (C=O) groups excluding carboxylic acids is 1. The van der Waals surface area contributed by atoms with Crippen molar-refractivity contribution in [3.63, 3.8) is 0 Å². The Kier molecular flexibility index (Phi) is 8.92. The van der Waals surface area contributed by atoms with Crippen LogP contribution in [0.25, 0.3) is 0 Å². The Hall–Kier alpha value is -2.75. The van der Waals surface area contributed by atoms with Crippen LogP contribution in [-0.2, 0) is 0 Å². The monoisotopic (exact) mass is 670 g/mol. The van der Waals surface area contributed by atoms with Gasteiger partial charge in [0.1, 0.15) is 23.4 Å². The SMILES string of the molecule is CCOc1cc(F)ccc1C1=NC(c2ccc(Br)cc2)C(c2ccc(Br)cc2)N1C(=O)N1CCC(N(C)C)CC1. The molecule has 0 radical (unpaired) electrons. The van der Waals surface area contributed by atoms with Crippen LogP contribution in [-0.4, -0.2) is 66.4 Å². The molecule has 40 heavy (non-hydrogen) atoms. The molecule has 2 heterocycles. The molecule has 210 valence electrons. The van der Waals surface area contributed by atoms with Gasteiger partial charge in [0.05, 0.1) is 18.2 Å². The molecule has 1 fully saturated rings. The first-order chi connectivity index (χ1) is 19.3. The highest BCUT2D eigenvalue weighted by molar-refractivity contribution is 9.10. The second-order valence-corrected chi connectivity index (χ2v) is 12.2. The molecule has 9 heteroatoms. The Morgan fingerprint density at radius 1 is 0.975 bits per heavy atom. The fraction of sp³-hybridized carbons (Fsp3) is 0.355. The fourth-order valence-electron chi connectivity index (χ4n) is 5.54. The summed E-state index contributed by atoms with van der Waals surface area (Å²) in [5, 5.41) is 0. The summed E-state index contributed by atoms with van der Waals surface area (Å²) in [5.41, 5.74) is 2.54. The normalized spacial score (nSPS) is 19.7. The van der Waals surface area contributed by atoms with E-state index in [0.29, 0.717) is 42.9 Å². The Morgan fingerprint density at radius 2 is 1.57 bits per heavy atom. The number of likely N-dealkylation sites (tertiary alicyclic amines) is 1. The van der Waals surface area contributed by atoms with Crippen molar-refractivity contribution in [1.29, 1.82) is 0 Å². The second kappa shape index (κ2) is 12.4. The van der Waals surface area contributed by atoms with E-state index in [9.17, 15) is 9.18 Å². The van der Waals surface area contributed by atoms with Crippen LogP contribution in [0.5, 0.6) is 5.75 Å². The zero-order chi connectivity index (χ0) is 28.4. The van der Waals surface area contributed by atoms with Gasteiger partial charge in [-0.05, 0) is 81.4 Å². The number of piperidine rings is 1. The maximum atomic E-state index is 14.5. The Labute approximate surface area is 252 Å². The molecule has 0 aliphatic carbocycles. The predicted molar refractivity (Wildman–Crippen MR) is 163 cm³/mol. The zero-order valence-electron chi connectivity index (χ0n) is 22.9. The largest absolute Gasteiger partial charge is 0.493 e. The summed E-state index contributed by atoms with van der Waals surface area (Å²) in [6, 6.07) is 20.1. The van der Waals surface area contributed by atoms with Crippen molar-refractivity contribution in [2.75, 3.05) is 33.8 Å². The van der Waals surface area contributed by atoms with Crippen molar-refractivity contribution in [3.8, 4) is 5.75 Å². The summed E-state index contributed by atoms with van der Waals surface area (Å²) in [5.74, 6) is 0.462. The molecule has 0 N–H and O–H groups in total. The molecule has 6 nitrogen and oxygen atoms in total. The van der Waals surface area contributed by atoms with Gasteiger partial charge in [-0.15, -0.1) is 0 Å². The van der Waals surface area contributed by atoms with Crippen LogP contribution >= 0.6 is 31.9 Å². The Balaban J connectivity index is 1.64. The minimum Gasteiger partial charge on any atom is -0.493 e. The number of benzene rings is 3. The number of halogens is 3. The highest BCUT2D eigenvalue weighted by Gasteiger charge is 2.45. The van der Waals surface area contributed by atoms with Crippen molar-refractivity contribution in [2.24, 2.45) is 4.99 Å². The van der Waals surface area contributed by atoms with Crippen LogP contribution in [0.2, 0.25) is 0 Å². The molecule has 1 saturated heterocycles. The molecule has 0 aromatic heterocycles. The average Bonchev–Trinajstić information content (AvgIpc) is 3.34. The van der Waals surface area contributed by atoms with Crippen molar-refractivity contribution in [2.45, 2.75) is 37.9 Å². The molecule has 2 unspecified atom stereocenters. The summed E-state index contributed by atoms with van der Waals surface area (Å²) in [7, 11) is 4.17. The molecule has 2 atom stereocenters. The maximum Gasteiger partial charge on any atom is 0.326 e. The quantitative estimate of drug-likeness (QED) is 0.274. The lowest BCUT2D eigenvalue weighted by atomic mass is 9.93. The van der Waals surface area contributed by atoms with Crippen LogP contribution in [0, 0.1) is 5.82 Å². The molecule has 2 aliphatic rings. The van der Waals surface area contributed by atoms with E-state index in [1.807, 2.05) is 65.3 Å². The van der Waals surface area contributed by atoms with Gasteiger partial charge in [-0.25, -0.2) is 9.18 Å². The lowest BCUT2D eigenvalue weighted by Crippen LogP contribution is -2.51. The molecule has 5 rings (SSSR count). The summed E-state index contributed by atoms with van der Waals surface area (Å²) in [6.45, 7) is 3.53. The van der Waals surface area contributed by atoms with Crippen molar-refractivity contribution >= 4 is 43.7 Å². The van der Waals surface area contributed by atoms with E-state index in [-0.39, 0.29) is 12.1 Å². The molecule has 3 aromatic carbocycles. The standard InChI is InChI=1S/C31H33Br2FN4O2/c1-4-40-27-19-24(34)13-14-26(27)30-35-28(20-5-9-22(32)10-6-20)29(21-7-11-23(33)12-8-21)38(30)31(39)37-17-15-25(16-18-37)36(2)3/h5-14,19,25,28-29H,4,15-18H2,1-3H3. The van der Waals surface area contributed by atoms with E-state index < -0.39 is 11.9 Å². The minimum atomic E-state index is -0.400. The summed E-state index contributed by atoms with van der Waals surface area (Å²) in [6.07, 6.45) is 1.80. The first-order valence-corrected chi connectivity index (χ1v) is 15.1. The molecular formula is C31H33Br2FN4O2. The third kappa shape index (κ3) is 5.97. The molecule has 0 spiro atoms. The van der Waals surface area contributed by atoms with Gasteiger partial charge in [-0.3, -0.25) is 9.89 Å². The number of amides is 2. The van der Waals surface area contributed by atoms with Gasteiger partial charge in [0, 0.05) is 34.1 Å². The molecule has 2 aliphatic heterocycles. The minimum absolute atomic E-state index is 0.102. The van der Waals surface area contributed by atoms with Gasteiger partial charge in [-0.1, -0.05) is 56.1 Å². The summed E-state index contributed by atoms with van der Waals surface area (Å²) in [4.78, 5) is 25.7. The van der Waals surface area contributed by atoms with Gasteiger partial charge < -0.3 is 14.5 Å². The predicted octanol–water partition coefficient (Wildman–Crippen LogP) is 7.44. The third-order valence-electron chi connectivity index (χ3n) is 7.65. The van der Waals surface area contributed by atoms with Crippen molar-refractivity contribution < 1.29 is 13.9 Å². The molecule has 2 amide bonds. The van der Waals surface area contributed by atoms with E-state index in [1.54, 1.807) is 6.07 Å². The first kappa shape index (κ1) is 28.8. The number of rotatable bonds is 6. The van der Waals surface area contributed by atoms with Gasteiger partial charge in [-0.2, -0.15) is 0 Å². The highest BCUT2D eigenvalue weighted by Crippen LogP contribution is 2.45. The maximum absolute atomic E-state index is 14.5. The number of carbonyl (C=O) groups is 1. The molecule has 0 saturated carbocycles. The van der Waals surface area contributed by atoms with E-state index in [1.165, 1.54) is 12.1 Å². The van der Waals surface area contributed by atoms with Crippen LogP contribution in [0.3, 0.4) is 0 Å². The average molecular weight is 672 g/mol. The van der Waals surface area contributed by atoms with Crippen LogP contribution in [0.1, 0.15) is 48.5 Å². The van der Waals surface area contributed by atoms with E-state index >= 15 is 0 Å². The molecule has 0 bridgehead atoms. The number of hydrogen-bond donors (Lipinski definition) is 0. The highest BCUT2D eigenvalue weighted by atomic mass is 79.9. The number of amidine groups is 1. The first-order valence-electron chi connectivity index (χ1n) is 13.5. The number of aliphatic imine (C=N–C) groups is 1. The summed E-state index contributed by atoms with van der Waals surface area (Å²) < 4.78 is 22.1. The van der Waals surface area contributed by atoms with Crippen molar-refractivity contribution in [3.05, 3.63) is 98.2 Å². The number of hydrogen-bond acceptors (Lipinski definition) is 4. The summed E-state index contributed by atoms with van der Waals surface area (Å²) >= 11 is 7.09. The molecular weight excluding hydrogens is 639 g/mol. The van der Waals surface area contributed by atoms with E-state index in [0.717, 1.165) is 32.9 Å². The van der Waals surface area contributed by atoms with Gasteiger partial charge in [0.2, 0.25) is 0 Å². The van der Waals surface area contributed by atoms with Gasteiger partial charge in [0.25, 0.3) is 0 Å². The second-order valence-electron chi connectivity index (χ2n) is 10.4. The van der Waals surface area contributed by atoms with E-state index in [2.05, 4.69) is 50.9 Å². The Bertz CT molecular complexity index is 1370. The smallest absolute Gasteiger partial charge is 0.326 e. The number of nitrogens with zero attached hydrogens (tertiary/aromatic N) is 4. The van der Waals surface area contributed by atoms with Crippen LogP contribution in [0.15, 0.2) is 80.7 Å². The third-order valence-corrected chi connectivity index (χ3v) is 8.70. The Morgan fingerprint density at radius 3 is 2.15 bits per heavy atom. The topological polar surface area (TPSA) is 48.4 Å². The van der Waals surface area contributed by atoms with E-state index in [4.69, 9.17) is 9.73 Å². The van der Waals surface area contributed by atoms with Gasteiger partial charge >= 0.3 is 6.03 Å². The van der Waals surface area contributed by atoms with Crippen LogP contribution < -0.4 is 4.74 Å². The zero-order valence-corrected chi connectivity index (χ0v) is 26.0. The lowest BCUT2D eigenvalue weighted by Gasteiger charge is -2.39. The fourth-order valence-corrected chi connectivity index (χ4v) is 6.06.